The highest BCUT2D eigenvalue weighted by molar-refractivity contribution is 5.49. The molecule has 0 atom stereocenters. The molecule has 24 heavy (non-hydrogen) atoms. The minimum atomic E-state index is 0.345. The Labute approximate surface area is 142 Å². The molecule has 6 heteroatoms. The predicted molar refractivity (Wildman–Crippen MR) is 94.6 cm³/mol. The van der Waals surface area contributed by atoms with Crippen LogP contribution in [0.25, 0.3) is 0 Å². The smallest absolute Gasteiger partial charge is 0.151 e. The highest BCUT2D eigenvalue weighted by Gasteiger charge is 2.32. The van der Waals surface area contributed by atoms with Gasteiger partial charge in [-0.05, 0) is 37.0 Å². The van der Waals surface area contributed by atoms with Crippen molar-refractivity contribution in [2.45, 2.75) is 45.1 Å². The quantitative estimate of drug-likeness (QED) is 0.859. The predicted octanol–water partition coefficient (Wildman–Crippen LogP) is 2.20. The van der Waals surface area contributed by atoms with Crippen molar-refractivity contribution >= 4 is 11.6 Å². The average Bonchev–Trinajstić information content (AvgIpc) is 3.01. The molecule has 3 heterocycles. The van der Waals surface area contributed by atoms with Crippen LogP contribution in [-0.2, 0) is 12.8 Å². The van der Waals surface area contributed by atoms with Crippen molar-refractivity contribution in [3.05, 3.63) is 35.4 Å². The molecule has 0 aromatic carbocycles. The lowest BCUT2D eigenvalue weighted by Gasteiger charge is -2.45. The summed E-state index contributed by atoms with van der Waals surface area (Å²) in [6.07, 6.45) is 5.30. The van der Waals surface area contributed by atoms with Gasteiger partial charge in [0, 0.05) is 32.3 Å². The Bertz CT molecular complexity index is 738. The lowest BCUT2D eigenvalue weighted by molar-refractivity contribution is 0.486. The molecule has 6 nitrogen and oxygen atoms in total. The van der Waals surface area contributed by atoms with E-state index in [0.29, 0.717) is 12.0 Å². The van der Waals surface area contributed by atoms with Crippen LogP contribution in [0.5, 0.6) is 0 Å². The maximum Gasteiger partial charge on any atom is 0.151 e. The van der Waals surface area contributed by atoms with Crippen LogP contribution in [0.4, 0.5) is 11.6 Å². The molecule has 0 bridgehead atoms. The molecule has 2 aromatic rings. The summed E-state index contributed by atoms with van der Waals surface area (Å²) in [6, 6.07) is 4.67. The van der Waals surface area contributed by atoms with E-state index >= 15 is 0 Å². The molecule has 1 aliphatic heterocycles. The standard InChI is InChI=1S/C18H24N6/c1-12(2)18-19-8-7-16(20-18)23(3)14-10-24(11-14)17-9-13-5-4-6-15(13)21-22-17/h7-9,12,14H,4-6,10-11H2,1-3H3. The Morgan fingerprint density at radius 2 is 2.04 bits per heavy atom. The molecule has 0 radical (unpaired) electrons. The van der Waals surface area contributed by atoms with Crippen molar-refractivity contribution in [3.8, 4) is 0 Å². The molecule has 1 fully saturated rings. The van der Waals surface area contributed by atoms with Crippen LogP contribution < -0.4 is 9.80 Å². The fourth-order valence-electron chi connectivity index (χ4n) is 3.38. The van der Waals surface area contributed by atoms with Gasteiger partial charge in [0.05, 0.1) is 11.7 Å². The third kappa shape index (κ3) is 2.70. The zero-order valence-electron chi connectivity index (χ0n) is 14.6. The first-order chi connectivity index (χ1) is 11.6. The summed E-state index contributed by atoms with van der Waals surface area (Å²) in [6.45, 7) is 6.17. The van der Waals surface area contributed by atoms with Crippen molar-refractivity contribution < 1.29 is 0 Å². The van der Waals surface area contributed by atoms with Gasteiger partial charge in [-0.1, -0.05) is 13.8 Å². The van der Waals surface area contributed by atoms with Crippen LogP contribution >= 0.6 is 0 Å². The second-order valence-electron chi connectivity index (χ2n) is 7.13. The second-order valence-corrected chi connectivity index (χ2v) is 7.13. The number of likely N-dealkylation sites (N-methyl/N-ethyl adjacent to an activating group) is 1. The molecule has 0 saturated carbocycles. The van der Waals surface area contributed by atoms with Gasteiger partial charge in [0.15, 0.2) is 5.82 Å². The largest absolute Gasteiger partial charge is 0.353 e. The SMILES string of the molecule is CC(C)c1nccc(N(C)C2CN(c3cc4c(nn3)CCC4)C2)n1. The lowest BCUT2D eigenvalue weighted by atomic mass is 10.1. The van der Waals surface area contributed by atoms with Crippen molar-refractivity contribution in [1.82, 2.24) is 20.2 Å². The normalized spacial score (nSPS) is 17.1. The van der Waals surface area contributed by atoms with Crippen LogP contribution in [0, 0.1) is 0 Å². The van der Waals surface area contributed by atoms with E-state index < -0.39 is 0 Å². The molecule has 0 unspecified atom stereocenters. The van der Waals surface area contributed by atoms with Gasteiger partial charge >= 0.3 is 0 Å². The van der Waals surface area contributed by atoms with Gasteiger partial charge in [-0.2, -0.15) is 5.10 Å². The maximum absolute atomic E-state index is 4.69. The monoisotopic (exact) mass is 324 g/mol. The lowest BCUT2D eigenvalue weighted by Crippen LogP contribution is -2.59. The van der Waals surface area contributed by atoms with Gasteiger partial charge in [0.2, 0.25) is 0 Å². The van der Waals surface area contributed by atoms with Crippen molar-refractivity contribution in [2.24, 2.45) is 0 Å². The number of fused-ring (bicyclic) bond motifs is 1. The zero-order chi connectivity index (χ0) is 16.7. The fourth-order valence-corrected chi connectivity index (χ4v) is 3.38. The maximum atomic E-state index is 4.69. The van der Waals surface area contributed by atoms with Gasteiger partial charge in [-0.25, -0.2) is 9.97 Å². The molecule has 126 valence electrons. The van der Waals surface area contributed by atoms with Crippen LogP contribution in [0.2, 0.25) is 0 Å². The molecular weight excluding hydrogens is 300 g/mol. The summed E-state index contributed by atoms with van der Waals surface area (Å²) in [5.74, 6) is 3.27. The summed E-state index contributed by atoms with van der Waals surface area (Å²) < 4.78 is 0. The second kappa shape index (κ2) is 6.00. The molecule has 4 rings (SSSR count). The van der Waals surface area contributed by atoms with E-state index in [1.54, 1.807) is 0 Å². The van der Waals surface area contributed by atoms with Gasteiger partial charge in [-0.3, -0.25) is 0 Å². The molecule has 2 aromatic heterocycles. The Morgan fingerprint density at radius 1 is 1.21 bits per heavy atom. The summed E-state index contributed by atoms with van der Waals surface area (Å²) in [5, 5.41) is 8.80. The molecule has 0 spiro atoms. The molecule has 1 aliphatic carbocycles. The average molecular weight is 324 g/mol. The minimum Gasteiger partial charge on any atom is -0.353 e. The van der Waals surface area contributed by atoms with Crippen LogP contribution in [-0.4, -0.2) is 46.3 Å². The van der Waals surface area contributed by atoms with Crippen molar-refractivity contribution in [3.63, 3.8) is 0 Å². The zero-order valence-corrected chi connectivity index (χ0v) is 14.6. The van der Waals surface area contributed by atoms with Crippen molar-refractivity contribution in [1.29, 1.82) is 0 Å². The fraction of sp³-hybridized carbons (Fsp3) is 0.556. The van der Waals surface area contributed by atoms with Crippen LogP contribution in [0.15, 0.2) is 18.3 Å². The van der Waals surface area contributed by atoms with Gasteiger partial charge < -0.3 is 9.80 Å². The molecular formula is C18H24N6. The number of nitrogens with zero attached hydrogens (tertiary/aromatic N) is 6. The van der Waals surface area contributed by atoms with E-state index in [2.05, 4.69) is 56.9 Å². The third-order valence-corrected chi connectivity index (χ3v) is 5.08. The van der Waals surface area contributed by atoms with Gasteiger partial charge in [-0.15, -0.1) is 5.10 Å². The van der Waals surface area contributed by atoms with Gasteiger partial charge in [0.1, 0.15) is 11.6 Å². The van der Waals surface area contributed by atoms with E-state index in [0.717, 1.165) is 43.4 Å². The van der Waals surface area contributed by atoms with Gasteiger partial charge in [0.25, 0.3) is 0 Å². The van der Waals surface area contributed by atoms with E-state index in [9.17, 15) is 0 Å². The number of aromatic nitrogens is 4. The summed E-state index contributed by atoms with van der Waals surface area (Å²) >= 11 is 0. The molecule has 2 aliphatic rings. The molecule has 0 N–H and O–H groups in total. The number of hydrogen-bond acceptors (Lipinski definition) is 6. The van der Waals surface area contributed by atoms with Crippen LogP contribution in [0.1, 0.15) is 43.3 Å². The number of anilines is 2. The Kier molecular flexibility index (Phi) is 3.82. The van der Waals surface area contributed by atoms with E-state index in [1.807, 2.05) is 12.3 Å². The summed E-state index contributed by atoms with van der Waals surface area (Å²) in [4.78, 5) is 13.6. The number of hydrogen-bond donors (Lipinski definition) is 0. The van der Waals surface area contributed by atoms with Crippen LogP contribution in [0.3, 0.4) is 0 Å². The van der Waals surface area contributed by atoms with E-state index in [4.69, 9.17) is 0 Å². The highest BCUT2D eigenvalue weighted by atomic mass is 15.4. The Morgan fingerprint density at radius 3 is 2.83 bits per heavy atom. The first-order valence-corrected chi connectivity index (χ1v) is 8.78. The molecule has 0 amide bonds. The van der Waals surface area contributed by atoms with Crippen molar-refractivity contribution in [2.75, 3.05) is 29.9 Å². The van der Waals surface area contributed by atoms with E-state index in [-0.39, 0.29) is 0 Å². The number of rotatable bonds is 4. The Balaban J connectivity index is 1.42. The molecule has 1 saturated heterocycles. The summed E-state index contributed by atoms with van der Waals surface area (Å²) in [7, 11) is 2.11. The Hall–Kier alpha value is -2.24. The van der Waals surface area contributed by atoms with E-state index in [1.165, 1.54) is 17.7 Å². The third-order valence-electron chi connectivity index (χ3n) is 5.08. The topological polar surface area (TPSA) is 58.0 Å². The first kappa shape index (κ1) is 15.3. The minimum absolute atomic E-state index is 0.345. The first-order valence-electron chi connectivity index (χ1n) is 8.78. The number of aryl methyl sites for hydroxylation is 2. The highest BCUT2D eigenvalue weighted by Crippen LogP contribution is 2.27. The summed E-state index contributed by atoms with van der Waals surface area (Å²) in [5.41, 5.74) is 2.57.